The van der Waals surface area contributed by atoms with E-state index in [2.05, 4.69) is 35.1 Å². The maximum absolute atomic E-state index is 5.50. The molecule has 0 saturated carbocycles. The van der Waals surface area contributed by atoms with Gasteiger partial charge in [-0.25, -0.2) is 9.97 Å². The van der Waals surface area contributed by atoms with Crippen molar-refractivity contribution < 1.29 is 13.6 Å². The van der Waals surface area contributed by atoms with Crippen molar-refractivity contribution in [1.29, 1.82) is 0 Å². The Morgan fingerprint density at radius 1 is 0.852 bits per heavy atom. The summed E-state index contributed by atoms with van der Waals surface area (Å²) in [5.41, 5.74) is 1.86. The van der Waals surface area contributed by atoms with Crippen LogP contribution in [0.2, 0.25) is 0 Å². The van der Waals surface area contributed by atoms with E-state index in [0.717, 1.165) is 29.9 Å². The van der Waals surface area contributed by atoms with E-state index in [-0.39, 0.29) is 0 Å². The van der Waals surface area contributed by atoms with E-state index >= 15 is 0 Å². The molecule has 2 aromatic heterocycles. The Balaban J connectivity index is 0.000000143. The lowest BCUT2D eigenvalue weighted by Gasteiger charge is -2.12. The Morgan fingerprint density at radius 3 is 1.85 bits per heavy atom. The molecule has 5 nitrogen and oxygen atoms in total. The van der Waals surface area contributed by atoms with Crippen molar-refractivity contribution in [2.45, 2.75) is 19.8 Å². The van der Waals surface area contributed by atoms with Crippen molar-refractivity contribution in [2.24, 2.45) is 0 Å². The highest BCUT2D eigenvalue weighted by Crippen LogP contribution is 2.24. The summed E-state index contributed by atoms with van der Waals surface area (Å²) in [6, 6.07) is 14.0. The van der Waals surface area contributed by atoms with Crippen LogP contribution in [0, 0.1) is 10.4 Å². The van der Waals surface area contributed by atoms with Crippen LogP contribution in [0.15, 0.2) is 76.2 Å². The zero-order valence-corrected chi connectivity index (χ0v) is 15.1. The predicted octanol–water partition coefficient (Wildman–Crippen LogP) is 5.46. The standard InChI is InChI=1S/C12H8N2O2.C10H12O/c1-2-10(12-14-6-8-16-12)4-3-9(1)11-13-5-7-15-11;1-2-3-6-11-10-7-8-4-5-9(8)10/h1-8H;4-5,7H,2-3,6H2,1H3. The molecular weight excluding hydrogens is 340 g/mol. The smallest absolute Gasteiger partial charge is 0.225 e. The van der Waals surface area contributed by atoms with Crippen LogP contribution in [0.1, 0.15) is 19.8 Å². The first-order valence-corrected chi connectivity index (χ1v) is 9.02. The molecule has 136 valence electrons. The highest BCUT2D eigenvalue weighted by molar-refractivity contribution is 5.61. The molecule has 0 fully saturated rings. The van der Waals surface area contributed by atoms with Gasteiger partial charge in [0.25, 0.3) is 0 Å². The average Bonchev–Trinajstić information content (AvgIpc) is 3.40. The average molecular weight is 360 g/mol. The van der Waals surface area contributed by atoms with Crippen molar-refractivity contribution in [1.82, 2.24) is 9.97 Å². The summed E-state index contributed by atoms with van der Waals surface area (Å²) in [6.07, 6.45) is 8.71. The van der Waals surface area contributed by atoms with Gasteiger partial charge in [0, 0.05) is 16.3 Å². The van der Waals surface area contributed by atoms with E-state index in [1.54, 1.807) is 24.9 Å². The summed E-state index contributed by atoms with van der Waals surface area (Å²) in [6.45, 7) is 3.04. The minimum atomic E-state index is 0.610. The van der Waals surface area contributed by atoms with Crippen LogP contribution < -0.4 is 4.74 Å². The zero-order chi connectivity index (χ0) is 18.5. The van der Waals surface area contributed by atoms with E-state index < -0.39 is 0 Å². The highest BCUT2D eigenvalue weighted by atomic mass is 16.5. The molecule has 3 aromatic rings. The van der Waals surface area contributed by atoms with Gasteiger partial charge >= 0.3 is 0 Å². The summed E-state index contributed by atoms with van der Waals surface area (Å²) < 4.78 is 15.9. The monoisotopic (exact) mass is 360 g/mol. The van der Waals surface area contributed by atoms with Crippen LogP contribution in [0.25, 0.3) is 22.9 Å². The van der Waals surface area contributed by atoms with Crippen LogP contribution in [0.4, 0.5) is 0 Å². The van der Waals surface area contributed by atoms with Gasteiger partial charge in [-0.15, -0.1) is 0 Å². The van der Waals surface area contributed by atoms with Crippen molar-refractivity contribution in [3.05, 3.63) is 77.8 Å². The summed E-state index contributed by atoms with van der Waals surface area (Å²) in [7, 11) is 0. The first kappa shape index (κ1) is 17.1. The largest absolute Gasteiger partial charge is 0.493 e. The molecule has 27 heavy (non-hydrogen) atoms. The number of unbranched alkanes of at least 4 members (excludes halogenated alkanes) is 1. The van der Waals surface area contributed by atoms with Crippen molar-refractivity contribution >= 4 is 0 Å². The molecule has 0 atom stereocenters. The molecule has 2 heterocycles. The lowest BCUT2D eigenvalue weighted by Crippen LogP contribution is -2.01. The number of hydrogen-bond donors (Lipinski definition) is 0. The van der Waals surface area contributed by atoms with Crippen LogP contribution in [-0.2, 0) is 0 Å². The fourth-order valence-corrected chi connectivity index (χ4v) is 2.69. The molecule has 5 heteroatoms. The van der Waals surface area contributed by atoms with Gasteiger partial charge in [-0.05, 0) is 42.0 Å². The molecule has 0 bridgehead atoms. The number of hydrogen-bond acceptors (Lipinski definition) is 5. The lowest BCUT2D eigenvalue weighted by atomic mass is 10.1. The third-order valence-corrected chi connectivity index (χ3v) is 4.29. The number of oxazole rings is 2. The van der Waals surface area contributed by atoms with Gasteiger partial charge in [-0.3, -0.25) is 0 Å². The lowest BCUT2D eigenvalue weighted by molar-refractivity contribution is 0.304. The number of aromatic nitrogens is 2. The Bertz CT molecular complexity index is 1020. The van der Waals surface area contributed by atoms with E-state index in [9.17, 15) is 0 Å². The highest BCUT2D eigenvalue weighted by Gasteiger charge is 2.06. The number of benzene rings is 2. The fourth-order valence-electron chi connectivity index (χ4n) is 2.69. The summed E-state index contributed by atoms with van der Waals surface area (Å²) in [5, 5.41) is 2.68. The third-order valence-electron chi connectivity index (χ3n) is 4.29. The topological polar surface area (TPSA) is 61.3 Å². The quantitative estimate of drug-likeness (QED) is 0.376. The Labute approximate surface area is 157 Å². The Kier molecular flexibility index (Phi) is 5.01. The molecule has 2 aliphatic carbocycles. The van der Waals surface area contributed by atoms with Crippen molar-refractivity contribution in [3.63, 3.8) is 0 Å². The second kappa shape index (κ2) is 7.91. The first-order chi connectivity index (χ1) is 13.3. The molecule has 0 amide bonds. The zero-order valence-electron chi connectivity index (χ0n) is 15.1. The summed E-state index contributed by atoms with van der Waals surface area (Å²) in [5.74, 6) is 2.31. The molecule has 1 aromatic carbocycles. The number of nitrogens with zero attached hydrogens (tertiary/aromatic N) is 2. The van der Waals surface area contributed by atoms with E-state index in [1.807, 2.05) is 24.3 Å². The molecule has 0 saturated heterocycles. The molecule has 0 aliphatic heterocycles. The fraction of sp³-hybridized carbons (Fsp3) is 0.182. The van der Waals surface area contributed by atoms with Crippen LogP contribution in [-0.4, -0.2) is 16.6 Å². The van der Waals surface area contributed by atoms with E-state index in [1.165, 1.54) is 16.9 Å². The molecule has 5 rings (SSSR count). The minimum Gasteiger partial charge on any atom is -0.493 e. The van der Waals surface area contributed by atoms with Crippen LogP contribution >= 0.6 is 0 Å². The SMILES string of the molecule is CCCCOc1cc2ccc1=2.c1coc(-c2ccc(-c3ncco3)cc2)n1. The number of rotatable bonds is 6. The van der Waals surface area contributed by atoms with Gasteiger partial charge in [-0.2, -0.15) is 0 Å². The summed E-state index contributed by atoms with van der Waals surface area (Å²) >= 11 is 0. The van der Waals surface area contributed by atoms with Crippen molar-refractivity contribution in [3.8, 4) is 28.7 Å². The molecule has 0 N–H and O–H groups in total. The van der Waals surface area contributed by atoms with E-state index in [4.69, 9.17) is 13.6 Å². The van der Waals surface area contributed by atoms with Crippen molar-refractivity contribution in [2.75, 3.05) is 6.61 Å². The van der Waals surface area contributed by atoms with Gasteiger partial charge in [0.2, 0.25) is 11.8 Å². The second-order valence-electron chi connectivity index (χ2n) is 6.16. The second-order valence-corrected chi connectivity index (χ2v) is 6.16. The van der Waals surface area contributed by atoms with Gasteiger partial charge in [0.1, 0.15) is 18.3 Å². The van der Waals surface area contributed by atoms with Gasteiger partial charge in [0.15, 0.2) is 0 Å². The Hall–Kier alpha value is -3.34. The van der Waals surface area contributed by atoms with Crippen LogP contribution in [0.5, 0.6) is 5.75 Å². The molecule has 0 spiro atoms. The van der Waals surface area contributed by atoms with Gasteiger partial charge in [-0.1, -0.05) is 25.5 Å². The summed E-state index contributed by atoms with van der Waals surface area (Å²) in [4.78, 5) is 8.15. The molecule has 0 unspecified atom stereocenters. The molecule has 0 radical (unpaired) electrons. The van der Waals surface area contributed by atoms with Gasteiger partial charge < -0.3 is 13.6 Å². The predicted molar refractivity (Wildman–Crippen MR) is 102 cm³/mol. The Morgan fingerprint density at radius 2 is 1.48 bits per heavy atom. The van der Waals surface area contributed by atoms with Crippen LogP contribution in [0.3, 0.4) is 0 Å². The molecule has 2 aliphatic rings. The van der Waals surface area contributed by atoms with E-state index in [0.29, 0.717) is 11.8 Å². The normalized spacial score (nSPS) is 10.9. The maximum atomic E-state index is 5.50. The van der Waals surface area contributed by atoms with Gasteiger partial charge in [0.05, 0.1) is 19.0 Å². The third kappa shape index (κ3) is 3.77. The first-order valence-electron chi connectivity index (χ1n) is 9.02. The maximum Gasteiger partial charge on any atom is 0.225 e. The number of ether oxygens (including phenoxy) is 1. The minimum absolute atomic E-state index is 0.610. The molecular formula is C22H20N2O3.